The molecular formula is C12H15NO4. The van der Waals surface area contributed by atoms with E-state index in [1.165, 1.54) is 7.11 Å². The van der Waals surface area contributed by atoms with Gasteiger partial charge in [-0.05, 0) is 12.5 Å². The Bertz CT molecular complexity index is 399. The van der Waals surface area contributed by atoms with Gasteiger partial charge >= 0.3 is 12.1 Å². The van der Waals surface area contributed by atoms with E-state index >= 15 is 0 Å². The Hall–Kier alpha value is -2.04. The lowest BCUT2D eigenvalue weighted by Gasteiger charge is -2.13. The normalized spacial score (nSPS) is 11.6. The molecule has 0 radical (unpaired) electrons. The lowest BCUT2D eigenvalue weighted by atomic mass is 10.0. The zero-order valence-electron chi connectivity index (χ0n) is 9.77. The van der Waals surface area contributed by atoms with Crippen LogP contribution in [0.15, 0.2) is 24.3 Å². The highest BCUT2D eigenvalue weighted by atomic mass is 16.5. The maximum atomic E-state index is 11.0. The third-order valence-corrected chi connectivity index (χ3v) is 2.34. The van der Waals surface area contributed by atoms with E-state index in [2.05, 4.69) is 10.1 Å². The molecule has 1 atom stereocenters. The number of alkyl carbamates (subject to hydrolysis) is 1. The van der Waals surface area contributed by atoms with E-state index in [0.29, 0.717) is 0 Å². The van der Waals surface area contributed by atoms with E-state index in [1.54, 1.807) is 0 Å². The highest BCUT2D eigenvalue weighted by Gasteiger charge is 2.20. The number of amides is 1. The Kier molecular flexibility index (Phi) is 4.51. The third kappa shape index (κ3) is 4.14. The van der Waals surface area contributed by atoms with Crippen molar-refractivity contribution >= 4 is 12.1 Å². The van der Waals surface area contributed by atoms with Gasteiger partial charge in [-0.2, -0.15) is 0 Å². The number of carbonyl (C=O) groups excluding carboxylic acids is 1. The summed E-state index contributed by atoms with van der Waals surface area (Å²) in [5.41, 5.74) is 1.95. The van der Waals surface area contributed by atoms with Gasteiger partial charge in [0.25, 0.3) is 0 Å². The number of hydrogen-bond donors (Lipinski definition) is 2. The van der Waals surface area contributed by atoms with Crippen molar-refractivity contribution in [2.24, 2.45) is 0 Å². The van der Waals surface area contributed by atoms with Crippen LogP contribution in [-0.4, -0.2) is 30.3 Å². The molecule has 1 aromatic carbocycles. The predicted octanol–water partition coefficient (Wildman–Crippen LogP) is 1.35. The van der Waals surface area contributed by atoms with Gasteiger partial charge in [0, 0.05) is 6.42 Å². The van der Waals surface area contributed by atoms with Gasteiger partial charge in [0.2, 0.25) is 0 Å². The van der Waals surface area contributed by atoms with Gasteiger partial charge in [-0.15, -0.1) is 0 Å². The first-order chi connectivity index (χ1) is 8.02. The van der Waals surface area contributed by atoms with Crippen molar-refractivity contribution < 1.29 is 19.4 Å². The second kappa shape index (κ2) is 5.89. The highest BCUT2D eigenvalue weighted by Crippen LogP contribution is 2.06. The minimum absolute atomic E-state index is 0.227. The van der Waals surface area contributed by atoms with Gasteiger partial charge < -0.3 is 15.2 Å². The monoisotopic (exact) mass is 237 g/mol. The van der Waals surface area contributed by atoms with Crippen molar-refractivity contribution in [1.29, 1.82) is 0 Å². The average molecular weight is 237 g/mol. The molecular weight excluding hydrogens is 222 g/mol. The molecule has 0 heterocycles. The van der Waals surface area contributed by atoms with E-state index < -0.39 is 18.1 Å². The van der Waals surface area contributed by atoms with Crippen LogP contribution in [0.3, 0.4) is 0 Å². The molecule has 0 saturated heterocycles. The standard InChI is InChI=1S/C12H15NO4/c1-8-3-5-9(6-4-8)7-10(11(14)15)13-12(16)17-2/h3-6,10H,7H2,1-2H3,(H,13,16)(H,14,15)/t10-/m0/s1. The fraction of sp³-hybridized carbons (Fsp3) is 0.333. The van der Waals surface area contributed by atoms with Crippen LogP contribution in [0.2, 0.25) is 0 Å². The molecule has 2 N–H and O–H groups in total. The number of methoxy groups -OCH3 is 1. The van der Waals surface area contributed by atoms with Crippen LogP contribution in [0.1, 0.15) is 11.1 Å². The molecule has 0 spiro atoms. The highest BCUT2D eigenvalue weighted by molar-refractivity contribution is 5.80. The van der Waals surface area contributed by atoms with E-state index in [-0.39, 0.29) is 6.42 Å². The summed E-state index contributed by atoms with van der Waals surface area (Å²) >= 11 is 0. The third-order valence-electron chi connectivity index (χ3n) is 2.34. The quantitative estimate of drug-likeness (QED) is 0.828. The number of aliphatic carboxylic acids is 1. The first-order valence-corrected chi connectivity index (χ1v) is 5.15. The maximum Gasteiger partial charge on any atom is 0.407 e. The summed E-state index contributed by atoms with van der Waals surface area (Å²) in [6.45, 7) is 1.95. The van der Waals surface area contributed by atoms with Crippen LogP contribution in [-0.2, 0) is 16.0 Å². The van der Waals surface area contributed by atoms with Gasteiger partial charge in [0.1, 0.15) is 6.04 Å². The number of aryl methyl sites for hydroxylation is 1. The molecule has 0 aliphatic rings. The smallest absolute Gasteiger partial charge is 0.407 e. The Labute approximate surface area is 99.4 Å². The summed E-state index contributed by atoms with van der Waals surface area (Å²) in [7, 11) is 1.19. The summed E-state index contributed by atoms with van der Waals surface area (Å²) in [5, 5.41) is 11.2. The number of carboxylic acids is 1. The van der Waals surface area contributed by atoms with Gasteiger partial charge in [0.15, 0.2) is 0 Å². The maximum absolute atomic E-state index is 11.0. The van der Waals surface area contributed by atoms with Crippen LogP contribution in [0.5, 0.6) is 0 Å². The lowest BCUT2D eigenvalue weighted by molar-refractivity contribution is -0.139. The molecule has 0 aromatic heterocycles. The molecule has 0 saturated carbocycles. The summed E-state index contributed by atoms with van der Waals surface area (Å²) in [6, 6.07) is 6.48. The van der Waals surface area contributed by atoms with Crippen molar-refractivity contribution in [3.63, 3.8) is 0 Å². The molecule has 0 aliphatic carbocycles. The molecule has 5 nitrogen and oxygen atoms in total. The largest absolute Gasteiger partial charge is 0.480 e. The Morgan fingerprint density at radius 3 is 2.41 bits per heavy atom. The van der Waals surface area contributed by atoms with E-state index in [0.717, 1.165) is 11.1 Å². The molecule has 5 heteroatoms. The number of benzene rings is 1. The Balaban J connectivity index is 2.70. The molecule has 0 bridgehead atoms. The van der Waals surface area contributed by atoms with Crippen LogP contribution in [0, 0.1) is 6.92 Å². The molecule has 0 unspecified atom stereocenters. The molecule has 1 rings (SSSR count). The van der Waals surface area contributed by atoms with Gasteiger partial charge in [0.05, 0.1) is 7.11 Å². The van der Waals surface area contributed by atoms with Crippen molar-refractivity contribution in [3.05, 3.63) is 35.4 Å². The number of nitrogens with one attached hydrogen (secondary N) is 1. The van der Waals surface area contributed by atoms with Crippen LogP contribution in [0.4, 0.5) is 4.79 Å². The molecule has 1 aromatic rings. The van der Waals surface area contributed by atoms with Crippen molar-refractivity contribution in [2.45, 2.75) is 19.4 Å². The van der Waals surface area contributed by atoms with Gasteiger partial charge in [-0.3, -0.25) is 0 Å². The minimum Gasteiger partial charge on any atom is -0.480 e. The summed E-state index contributed by atoms with van der Waals surface area (Å²) < 4.78 is 4.37. The number of rotatable bonds is 4. The predicted molar refractivity (Wildman–Crippen MR) is 61.8 cm³/mol. The van der Waals surface area contributed by atoms with E-state index in [9.17, 15) is 9.59 Å². The minimum atomic E-state index is -1.09. The summed E-state index contributed by atoms with van der Waals surface area (Å²) in [5.74, 6) is -1.09. The van der Waals surface area contributed by atoms with E-state index in [1.807, 2.05) is 31.2 Å². The zero-order chi connectivity index (χ0) is 12.8. The first kappa shape index (κ1) is 13.0. The molecule has 1 amide bonds. The van der Waals surface area contributed by atoms with Gasteiger partial charge in [-0.1, -0.05) is 29.8 Å². The molecule has 92 valence electrons. The fourth-order valence-electron chi connectivity index (χ4n) is 1.36. The topological polar surface area (TPSA) is 75.6 Å². The van der Waals surface area contributed by atoms with E-state index in [4.69, 9.17) is 5.11 Å². The van der Waals surface area contributed by atoms with Crippen molar-refractivity contribution in [2.75, 3.05) is 7.11 Å². The SMILES string of the molecule is COC(=O)N[C@@H](Cc1ccc(C)cc1)C(=O)O. The Morgan fingerprint density at radius 1 is 1.35 bits per heavy atom. The van der Waals surface area contributed by atoms with Crippen LogP contribution >= 0.6 is 0 Å². The Morgan fingerprint density at radius 2 is 1.94 bits per heavy atom. The van der Waals surface area contributed by atoms with Gasteiger partial charge in [-0.25, -0.2) is 9.59 Å². The van der Waals surface area contributed by atoms with Crippen LogP contribution < -0.4 is 5.32 Å². The zero-order valence-corrected chi connectivity index (χ0v) is 9.77. The average Bonchev–Trinajstić information content (AvgIpc) is 2.30. The summed E-state index contributed by atoms with van der Waals surface area (Å²) in [4.78, 5) is 21.9. The van der Waals surface area contributed by atoms with Crippen molar-refractivity contribution in [1.82, 2.24) is 5.32 Å². The number of carboxylic acid groups (broad SMARTS) is 1. The van der Waals surface area contributed by atoms with Crippen LogP contribution in [0.25, 0.3) is 0 Å². The molecule has 0 fully saturated rings. The second-order valence-electron chi connectivity index (χ2n) is 3.72. The summed E-state index contributed by atoms with van der Waals surface area (Å²) in [6.07, 6.45) is -0.519. The molecule has 17 heavy (non-hydrogen) atoms. The van der Waals surface area contributed by atoms with Crippen molar-refractivity contribution in [3.8, 4) is 0 Å². The number of carbonyl (C=O) groups is 2. The lowest BCUT2D eigenvalue weighted by Crippen LogP contribution is -2.42. The number of ether oxygens (including phenoxy) is 1. The fourth-order valence-corrected chi connectivity index (χ4v) is 1.36. The molecule has 0 aliphatic heterocycles. The first-order valence-electron chi connectivity index (χ1n) is 5.15. The second-order valence-corrected chi connectivity index (χ2v) is 3.72. The number of hydrogen-bond acceptors (Lipinski definition) is 3.